The molecule has 1 heterocycles. The van der Waals surface area contributed by atoms with Gasteiger partial charge >= 0.3 is 0 Å². The fourth-order valence-corrected chi connectivity index (χ4v) is 2.00. The van der Waals surface area contributed by atoms with Crippen LogP contribution in [0.25, 0.3) is 0 Å². The summed E-state index contributed by atoms with van der Waals surface area (Å²) in [6, 6.07) is 10.1. The smallest absolute Gasteiger partial charge is 0.254 e. The van der Waals surface area contributed by atoms with Gasteiger partial charge in [0.2, 0.25) is 5.91 Å². The summed E-state index contributed by atoms with van der Waals surface area (Å²) in [5.74, 6) is -0.589. The van der Waals surface area contributed by atoms with E-state index >= 15 is 0 Å². The molecule has 0 aliphatic carbocycles. The Kier molecular flexibility index (Phi) is 4.66. The lowest BCUT2D eigenvalue weighted by Crippen LogP contribution is -2.39. The van der Waals surface area contributed by atoms with Crippen LogP contribution in [-0.2, 0) is 4.79 Å². The van der Waals surface area contributed by atoms with Crippen LogP contribution in [0, 0.1) is 6.92 Å². The molecular weight excluding hydrogens is 266 g/mol. The minimum Gasteiger partial charge on any atom is -0.357 e. The minimum absolute atomic E-state index is 0.268. The Morgan fingerprint density at radius 3 is 2.48 bits per heavy atom. The maximum Gasteiger partial charge on any atom is 0.254 e. The van der Waals surface area contributed by atoms with Crippen LogP contribution in [0.2, 0.25) is 0 Å². The second-order valence-electron chi connectivity index (χ2n) is 4.62. The third-order valence-electron chi connectivity index (χ3n) is 3.20. The van der Waals surface area contributed by atoms with Crippen molar-refractivity contribution in [3.63, 3.8) is 0 Å². The number of carbonyl (C=O) groups is 2. The van der Waals surface area contributed by atoms with Crippen molar-refractivity contribution in [3.8, 4) is 0 Å². The Bertz CT molecular complexity index is 641. The second kappa shape index (κ2) is 6.65. The van der Waals surface area contributed by atoms with Gasteiger partial charge in [0, 0.05) is 19.4 Å². The van der Waals surface area contributed by atoms with Crippen LogP contribution in [0.4, 0.5) is 0 Å². The number of hydrogen-bond acceptors (Lipinski definition) is 3. The molecule has 1 aromatic heterocycles. The maximum absolute atomic E-state index is 12.3. The average Bonchev–Trinajstić information content (AvgIpc) is 2.53. The molecule has 0 bridgehead atoms. The predicted molar refractivity (Wildman–Crippen MR) is 79.7 cm³/mol. The highest BCUT2D eigenvalue weighted by Crippen LogP contribution is 2.14. The highest BCUT2D eigenvalue weighted by atomic mass is 16.2. The summed E-state index contributed by atoms with van der Waals surface area (Å²) in [5, 5.41) is 5.32. The first kappa shape index (κ1) is 14.7. The zero-order valence-corrected chi connectivity index (χ0v) is 12.0. The number of carbonyl (C=O) groups excluding carboxylic acids is 2. The van der Waals surface area contributed by atoms with Gasteiger partial charge in [0.1, 0.15) is 6.04 Å². The molecule has 2 rings (SSSR count). The third-order valence-corrected chi connectivity index (χ3v) is 3.20. The van der Waals surface area contributed by atoms with Crippen LogP contribution < -0.4 is 10.6 Å². The monoisotopic (exact) mass is 283 g/mol. The van der Waals surface area contributed by atoms with Crippen LogP contribution in [0.15, 0.2) is 48.8 Å². The average molecular weight is 283 g/mol. The molecule has 2 amide bonds. The van der Waals surface area contributed by atoms with Crippen molar-refractivity contribution in [2.75, 3.05) is 7.05 Å². The van der Waals surface area contributed by atoms with E-state index in [9.17, 15) is 9.59 Å². The first-order valence-corrected chi connectivity index (χ1v) is 6.61. The number of pyridine rings is 1. The highest BCUT2D eigenvalue weighted by molar-refractivity contribution is 5.98. The largest absolute Gasteiger partial charge is 0.357 e. The van der Waals surface area contributed by atoms with E-state index in [1.165, 1.54) is 6.20 Å². The highest BCUT2D eigenvalue weighted by Gasteiger charge is 2.22. The lowest BCUT2D eigenvalue weighted by molar-refractivity contribution is -0.122. The molecule has 0 radical (unpaired) electrons. The molecule has 5 heteroatoms. The van der Waals surface area contributed by atoms with Crippen LogP contribution in [0.3, 0.4) is 0 Å². The number of amides is 2. The molecular formula is C16H17N3O2. The van der Waals surface area contributed by atoms with E-state index in [0.717, 1.165) is 11.1 Å². The predicted octanol–water partition coefficient (Wildman–Crippen LogP) is 1.61. The van der Waals surface area contributed by atoms with Crippen LogP contribution in [0.5, 0.6) is 0 Å². The number of rotatable bonds is 4. The number of likely N-dealkylation sites (N-methyl/N-ethyl adjacent to an activating group) is 1. The van der Waals surface area contributed by atoms with E-state index in [1.54, 1.807) is 31.4 Å². The van der Waals surface area contributed by atoms with Gasteiger partial charge in [0.15, 0.2) is 0 Å². The van der Waals surface area contributed by atoms with Crippen molar-refractivity contribution in [3.05, 3.63) is 65.5 Å². The van der Waals surface area contributed by atoms with Gasteiger partial charge in [0.25, 0.3) is 5.91 Å². The van der Waals surface area contributed by atoms with Gasteiger partial charge in [-0.2, -0.15) is 0 Å². The quantitative estimate of drug-likeness (QED) is 0.895. The molecule has 2 aromatic rings. The summed E-state index contributed by atoms with van der Waals surface area (Å²) in [7, 11) is 1.54. The first-order valence-electron chi connectivity index (χ1n) is 6.61. The number of nitrogens with one attached hydrogen (secondary N) is 2. The molecule has 0 saturated carbocycles. The summed E-state index contributed by atoms with van der Waals surface area (Å²) < 4.78 is 0. The fraction of sp³-hybridized carbons (Fsp3) is 0.188. The topological polar surface area (TPSA) is 71.1 Å². The summed E-state index contributed by atoms with van der Waals surface area (Å²) >= 11 is 0. The molecule has 0 aliphatic heterocycles. The minimum atomic E-state index is -0.733. The van der Waals surface area contributed by atoms with E-state index in [0.29, 0.717) is 5.56 Å². The molecule has 108 valence electrons. The number of nitrogens with zero attached hydrogens (tertiary/aromatic N) is 1. The van der Waals surface area contributed by atoms with Crippen molar-refractivity contribution >= 4 is 11.8 Å². The zero-order valence-electron chi connectivity index (χ0n) is 12.0. The molecule has 0 unspecified atom stereocenters. The van der Waals surface area contributed by atoms with E-state index in [2.05, 4.69) is 15.6 Å². The van der Waals surface area contributed by atoms with Gasteiger partial charge in [-0.15, -0.1) is 0 Å². The van der Waals surface area contributed by atoms with E-state index in [4.69, 9.17) is 0 Å². The Labute approximate surface area is 123 Å². The van der Waals surface area contributed by atoms with Gasteiger partial charge < -0.3 is 10.6 Å². The lowest BCUT2D eigenvalue weighted by atomic mass is 10.0. The summed E-state index contributed by atoms with van der Waals surface area (Å²) in [6.07, 6.45) is 3.12. The standard InChI is InChI=1S/C16H17N3O2/c1-11-8-9-18-10-13(11)15(20)19-14(16(21)17-2)12-6-4-3-5-7-12/h3-10,14H,1-2H3,(H,17,21)(H,19,20)/t14-/m1/s1. The van der Waals surface area contributed by atoms with Gasteiger partial charge in [-0.1, -0.05) is 30.3 Å². The van der Waals surface area contributed by atoms with Gasteiger partial charge in [-0.25, -0.2) is 0 Å². The van der Waals surface area contributed by atoms with E-state index in [1.807, 2.05) is 25.1 Å². The molecule has 21 heavy (non-hydrogen) atoms. The Morgan fingerprint density at radius 1 is 1.14 bits per heavy atom. The van der Waals surface area contributed by atoms with Gasteiger partial charge in [-0.05, 0) is 24.1 Å². The van der Waals surface area contributed by atoms with Crippen LogP contribution in [-0.4, -0.2) is 23.8 Å². The number of aromatic nitrogens is 1. The molecule has 2 N–H and O–H groups in total. The van der Waals surface area contributed by atoms with Crippen LogP contribution >= 0.6 is 0 Å². The van der Waals surface area contributed by atoms with Crippen molar-refractivity contribution in [2.45, 2.75) is 13.0 Å². The summed E-state index contributed by atoms with van der Waals surface area (Å²) in [6.45, 7) is 1.83. The fourth-order valence-electron chi connectivity index (χ4n) is 2.00. The van der Waals surface area contributed by atoms with Crippen molar-refractivity contribution in [2.24, 2.45) is 0 Å². The van der Waals surface area contributed by atoms with Gasteiger partial charge in [-0.3, -0.25) is 14.6 Å². The molecule has 0 spiro atoms. The van der Waals surface area contributed by atoms with E-state index < -0.39 is 6.04 Å². The molecule has 5 nitrogen and oxygen atoms in total. The molecule has 0 saturated heterocycles. The molecule has 0 fully saturated rings. The maximum atomic E-state index is 12.3. The molecule has 1 atom stereocenters. The summed E-state index contributed by atoms with van der Waals surface area (Å²) in [5.41, 5.74) is 2.00. The second-order valence-corrected chi connectivity index (χ2v) is 4.62. The van der Waals surface area contributed by atoms with Crippen molar-refractivity contribution in [1.29, 1.82) is 0 Å². The molecule has 1 aromatic carbocycles. The Morgan fingerprint density at radius 2 is 1.86 bits per heavy atom. The third kappa shape index (κ3) is 3.45. The SMILES string of the molecule is CNC(=O)[C@H](NC(=O)c1cnccc1C)c1ccccc1. The summed E-state index contributed by atoms with van der Waals surface area (Å²) in [4.78, 5) is 28.3. The normalized spacial score (nSPS) is 11.5. The molecule has 0 aliphatic rings. The Hall–Kier alpha value is -2.69. The van der Waals surface area contributed by atoms with Crippen LogP contribution in [0.1, 0.15) is 27.5 Å². The van der Waals surface area contributed by atoms with Crippen molar-refractivity contribution < 1.29 is 9.59 Å². The Balaban J connectivity index is 2.26. The van der Waals surface area contributed by atoms with Gasteiger partial charge in [0.05, 0.1) is 5.56 Å². The van der Waals surface area contributed by atoms with E-state index in [-0.39, 0.29) is 11.8 Å². The zero-order chi connectivity index (χ0) is 15.2. The first-order chi connectivity index (χ1) is 10.1. The lowest BCUT2D eigenvalue weighted by Gasteiger charge is -2.18. The number of aryl methyl sites for hydroxylation is 1. The van der Waals surface area contributed by atoms with Crippen molar-refractivity contribution in [1.82, 2.24) is 15.6 Å². The number of benzene rings is 1. The number of hydrogen-bond donors (Lipinski definition) is 2.